The zero-order valence-corrected chi connectivity index (χ0v) is 11.1. The molecule has 0 aliphatic heterocycles. The summed E-state index contributed by atoms with van der Waals surface area (Å²) >= 11 is 0. The Balaban J connectivity index is 2.64. The van der Waals surface area contributed by atoms with E-state index in [-0.39, 0.29) is 12.1 Å². The number of nitro benzene ring substituents is 1. The molecule has 0 saturated carbocycles. The highest BCUT2D eigenvalue weighted by Crippen LogP contribution is 2.27. The molecule has 0 heterocycles. The zero-order chi connectivity index (χ0) is 14.4. The van der Waals surface area contributed by atoms with Gasteiger partial charge in [-0.25, -0.2) is 0 Å². The lowest BCUT2D eigenvalue weighted by molar-refractivity contribution is -0.384. The second-order valence-corrected chi connectivity index (χ2v) is 4.49. The molecule has 1 rings (SSSR count). The van der Waals surface area contributed by atoms with Gasteiger partial charge in [-0.2, -0.15) is 0 Å². The van der Waals surface area contributed by atoms with Crippen LogP contribution in [0.2, 0.25) is 0 Å². The maximum Gasteiger partial charge on any atom is 0.303 e. The lowest BCUT2D eigenvalue weighted by Crippen LogP contribution is -2.06. The Morgan fingerprint density at radius 3 is 2.53 bits per heavy atom. The van der Waals surface area contributed by atoms with Crippen molar-refractivity contribution in [3.63, 3.8) is 0 Å². The topological polar surface area (TPSA) is 92.5 Å². The third-order valence-electron chi connectivity index (χ3n) is 2.94. The first-order chi connectivity index (χ1) is 8.91. The van der Waals surface area contributed by atoms with E-state index in [4.69, 9.17) is 5.11 Å². The zero-order valence-electron chi connectivity index (χ0n) is 11.1. The van der Waals surface area contributed by atoms with Crippen LogP contribution < -0.4 is 5.32 Å². The molecular formula is C13H18N2O4. The average Bonchev–Trinajstić information content (AvgIpc) is 2.32. The van der Waals surface area contributed by atoms with Gasteiger partial charge in [0, 0.05) is 19.0 Å². The molecule has 0 radical (unpaired) electrons. The van der Waals surface area contributed by atoms with E-state index in [0.29, 0.717) is 25.1 Å². The van der Waals surface area contributed by atoms with Gasteiger partial charge in [-0.05, 0) is 43.9 Å². The first-order valence-corrected chi connectivity index (χ1v) is 6.13. The second kappa shape index (κ2) is 6.72. The van der Waals surface area contributed by atoms with Gasteiger partial charge in [0.2, 0.25) is 0 Å². The van der Waals surface area contributed by atoms with E-state index in [0.717, 1.165) is 11.1 Å². The van der Waals surface area contributed by atoms with Crippen LogP contribution in [0.15, 0.2) is 12.1 Å². The van der Waals surface area contributed by atoms with E-state index >= 15 is 0 Å². The van der Waals surface area contributed by atoms with Crippen LogP contribution in [0.25, 0.3) is 0 Å². The molecule has 1 aromatic carbocycles. The van der Waals surface area contributed by atoms with E-state index < -0.39 is 10.9 Å². The van der Waals surface area contributed by atoms with Crippen molar-refractivity contribution < 1.29 is 14.8 Å². The van der Waals surface area contributed by atoms with Crippen molar-refractivity contribution in [2.45, 2.75) is 33.1 Å². The van der Waals surface area contributed by atoms with Gasteiger partial charge in [-0.15, -0.1) is 0 Å². The van der Waals surface area contributed by atoms with E-state index in [2.05, 4.69) is 5.32 Å². The monoisotopic (exact) mass is 266 g/mol. The van der Waals surface area contributed by atoms with Crippen LogP contribution in [-0.2, 0) is 4.79 Å². The number of anilines is 1. The van der Waals surface area contributed by atoms with Gasteiger partial charge in [0.15, 0.2) is 0 Å². The van der Waals surface area contributed by atoms with Crippen LogP contribution in [0, 0.1) is 24.0 Å². The number of unbranched alkanes of at least 4 members (excludes halogenated alkanes) is 1. The summed E-state index contributed by atoms with van der Waals surface area (Å²) in [6, 6.07) is 3.31. The molecule has 0 atom stereocenters. The Bertz CT molecular complexity index is 486. The number of aryl methyl sites for hydroxylation is 2. The number of nitrogens with zero attached hydrogens (tertiary/aromatic N) is 1. The summed E-state index contributed by atoms with van der Waals surface area (Å²) in [5.41, 5.74) is 2.41. The maximum absolute atomic E-state index is 11.0. The van der Waals surface area contributed by atoms with Gasteiger partial charge < -0.3 is 10.4 Å². The normalized spacial score (nSPS) is 10.2. The highest BCUT2D eigenvalue weighted by molar-refractivity contribution is 5.66. The maximum atomic E-state index is 11.0. The Morgan fingerprint density at radius 2 is 1.95 bits per heavy atom. The molecule has 0 unspecified atom stereocenters. The third kappa shape index (κ3) is 4.57. The SMILES string of the molecule is Cc1cc(NCCCCC(=O)O)c([N+](=O)[O-])cc1C. The number of aliphatic carboxylic acids is 1. The Labute approximate surface area is 111 Å². The fraction of sp³-hybridized carbons (Fsp3) is 0.462. The van der Waals surface area contributed by atoms with Gasteiger partial charge in [-0.3, -0.25) is 14.9 Å². The van der Waals surface area contributed by atoms with Crippen LogP contribution in [0.1, 0.15) is 30.4 Å². The van der Waals surface area contributed by atoms with Gasteiger partial charge in [0.05, 0.1) is 4.92 Å². The van der Waals surface area contributed by atoms with Crippen molar-refractivity contribution >= 4 is 17.3 Å². The molecule has 2 N–H and O–H groups in total. The minimum absolute atomic E-state index is 0.0568. The van der Waals surface area contributed by atoms with Gasteiger partial charge in [-0.1, -0.05) is 0 Å². The smallest absolute Gasteiger partial charge is 0.303 e. The van der Waals surface area contributed by atoms with Crippen LogP contribution in [-0.4, -0.2) is 22.5 Å². The van der Waals surface area contributed by atoms with Crippen LogP contribution in [0.4, 0.5) is 11.4 Å². The van der Waals surface area contributed by atoms with Crippen molar-refractivity contribution in [2.75, 3.05) is 11.9 Å². The first kappa shape index (κ1) is 14.9. The van der Waals surface area contributed by atoms with Crippen LogP contribution in [0.5, 0.6) is 0 Å². The molecule has 19 heavy (non-hydrogen) atoms. The predicted octanol–water partition coefficient (Wildman–Crippen LogP) is 2.88. The number of rotatable bonds is 7. The van der Waals surface area contributed by atoms with Gasteiger partial charge in [0.1, 0.15) is 5.69 Å². The number of hydrogen-bond acceptors (Lipinski definition) is 4. The number of carboxylic acids is 1. The van der Waals surface area contributed by atoms with Crippen LogP contribution >= 0.6 is 0 Å². The van der Waals surface area contributed by atoms with E-state index in [1.807, 2.05) is 13.8 Å². The molecule has 0 bridgehead atoms. The molecule has 0 aliphatic carbocycles. The fourth-order valence-electron chi connectivity index (χ4n) is 1.72. The highest BCUT2D eigenvalue weighted by atomic mass is 16.6. The fourth-order valence-corrected chi connectivity index (χ4v) is 1.72. The van der Waals surface area contributed by atoms with Gasteiger partial charge in [0.25, 0.3) is 5.69 Å². The van der Waals surface area contributed by atoms with Gasteiger partial charge >= 0.3 is 5.97 Å². The molecule has 6 nitrogen and oxygen atoms in total. The molecule has 0 aromatic heterocycles. The number of hydrogen-bond donors (Lipinski definition) is 2. The lowest BCUT2D eigenvalue weighted by Gasteiger charge is -2.09. The summed E-state index contributed by atoms with van der Waals surface area (Å²) in [6.45, 7) is 4.25. The molecule has 1 aromatic rings. The second-order valence-electron chi connectivity index (χ2n) is 4.49. The average molecular weight is 266 g/mol. The molecule has 0 aliphatic rings. The molecule has 0 fully saturated rings. The molecular weight excluding hydrogens is 248 g/mol. The number of benzene rings is 1. The van der Waals surface area contributed by atoms with Crippen molar-refractivity contribution in [3.05, 3.63) is 33.4 Å². The van der Waals surface area contributed by atoms with Crippen molar-refractivity contribution in [1.29, 1.82) is 0 Å². The van der Waals surface area contributed by atoms with E-state index in [1.165, 1.54) is 0 Å². The molecule has 0 saturated heterocycles. The van der Waals surface area contributed by atoms with E-state index in [9.17, 15) is 14.9 Å². The minimum atomic E-state index is -0.822. The van der Waals surface area contributed by atoms with E-state index in [1.54, 1.807) is 12.1 Å². The number of nitro groups is 1. The lowest BCUT2D eigenvalue weighted by atomic mass is 10.1. The molecule has 0 amide bonds. The highest BCUT2D eigenvalue weighted by Gasteiger charge is 2.14. The molecule has 0 spiro atoms. The summed E-state index contributed by atoms with van der Waals surface area (Å²) in [7, 11) is 0. The Hall–Kier alpha value is -2.11. The van der Waals surface area contributed by atoms with Crippen molar-refractivity contribution in [1.82, 2.24) is 0 Å². The van der Waals surface area contributed by atoms with Crippen molar-refractivity contribution in [3.8, 4) is 0 Å². The summed E-state index contributed by atoms with van der Waals surface area (Å²) in [6.07, 6.45) is 1.34. The summed E-state index contributed by atoms with van der Waals surface area (Å²) < 4.78 is 0. The van der Waals surface area contributed by atoms with Crippen LogP contribution in [0.3, 0.4) is 0 Å². The number of nitrogens with one attached hydrogen (secondary N) is 1. The number of carbonyl (C=O) groups is 1. The Morgan fingerprint density at radius 1 is 1.32 bits per heavy atom. The summed E-state index contributed by atoms with van der Waals surface area (Å²) in [5.74, 6) is -0.822. The Kier molecular flexibility index (Phi) is 5.29. The standard InChI is InChI=1S/C13H18N2O4/c1-9-7-11(12(15(18)19)8-10(9)2)14-6-4-3-5-13(16)17/h7-8,14H,3-6H2,1-2H3,(H,16,17). The predicted molar refractivity (Wildman–Crippen MR) is 72.5 cm³/mol. The molecule has 104 valence electrons. The molecule has 6 heteroatoms. The largest absolute Gasteiger partial charge is 0.481 e. The minimum Gasteiger partial charge on any atom is -0.481 e. The summed E-state index contributed by atoms with van der Waals surface area (Å²) in [4.78, 5) is 20.9. The quantitative estimate of drug-likeness (QED) is 0.449. The summed E-state index contributed by atoms with van der Waals surface area (Å²) in [5, 5.41) is 22.5. The first-order valence-electron chi connectivity index (χ1n) is 6.13. The third-order valence-corrected chi connectivity index (χ3v) is 2.94. The number of carboxylic acid groups (broad SMARTS) is 1. The van der Waals surface area contributed by atoms with Crippen molar-refractivity contribution in [2.24, 2.45) is 0 Å².